The van der Waals surface area contributed by atoms with Gasteiger partial charge in [0.05, 0.1) is 11.4 Å². The van der Waals surface area contributed by atoms with Crippen LogP contribution < -0.4 is 10.9 Å². The normalized spacial score (nSPS) is 16.4. The Morgan fingerprint density at radius 3 is 1.17 bits per heavy atom. The Morgan fingerprint density at radius 1 is 0.500 bits per heavy atom. The van der Waals surface area contributed by atoms with Gasteiger partial charge in [0.2, 0.25) is 11.6 Å². The van der Waals surface area contributed by atoms with E-state index >= 15 is 0 Å². The van der Waals surface area contributed by atoms with Crippen LogP contribution in [0.5, 0.6) is 0 Å². The summed E-state index contributed by atoms with van der Waals surface area (Å²) < 4.78 is 67.0. The molecular formula is C34H24N4O8S2. The minimum Gasteiger partial charge on any atom is -0.287 e. The van der Waals surface area contributed by atoms with Gasteiger partial charge in [0.25, 0.3) is 20.2 Å². The fourth-order valence-electron chi connectivity index (χ4n) is 4.98. The quantitative estimate of drug-likeness (QED) is 0.103. The Balaban J connectivity index is 1.11. The van der Waals surface area contributed by atoms with Gasteiger partial charge in [0.15, 0.2) is 0 Å². The summed E-state index contributed by atoms with van der Waals surface area (Å²) in [6.07, 6.45) is 5.79. The van der Waals surface area contributed by atoms with Crippen LogP contribution in [0.25, 0.3) is 22.0 Å². The van der Waals surface area contributed by atoms with Gasteiger partial charge in [-0.1, -0.05) is 84.9 Å². The first-order valence-corrected chi connectivity index (χ1v) is 17.0. The van der Waals surface area contributed by atoms with Crippen molar-refractivity contribution >= 4 is 76.6 Å². The molecule has 0 bridgehead atoms. The molecule has 0 heterocycles. The SMILES string of the molecule is O=C1/C(=N/Nc2ccc(/C=C\c3ccc(N/N=C4\C=C(S(=O)(=O)O)c5ccccc5C4=O)cc3)cc2)C=C(S(=O)(=O)O)c2ccccc21. The van der Waals surface area contributed by atoms with Crippen LogP contribution in [0.1, 0.15) is 43.0 Å². The van der Waals surface area contributed by atoms with Crippen LogP contribution in [-0.2, 0) is 20.2 Å². The van der Waals surface area contributed by atoms with E-state index in [2.05, 4.69) is 21.1 Å². The molecule has 0 unspecified atom stereocenters. The molecule has 0 spiro atoms. The molecule has 0 atom stereocenters. The van der Waals surface area contributed by atoms with Crippen molar-refractivity contribution in [2.75, 3.05) is 10.9 Å². The molecule has 2 aliphatic rings. The lowest BCUT2D eigenvalue weighted by Gasteiger charge is -2.16. The predicted octanol–water partition coefficient (Wildman–Crippen LogP) is 5.64. The highest BCUT2D eigenvalue weighted by Crippen LogP contribution is 2.30. The smallest absolute Gasteiger partial charge is 0.287 e. The number of carbonyl (C=O) groups excluding carboxylic acids is 2. The van der Waals surface area contributed by atoms with Crippen LogP contribution in [0.2, 0.25) is 0 Å². The molecule has 2 aliphatic carbocycles. The Labute approximate surface area is 275 Å². The van der Waals surface area contributed by atoms with Gasteiger partial charge in [-0.25, -0.2) is 0 Å². The number of hydrogen-bond donors (Lipinski definition) is 4. The summed E-state index contributed by atoms with van der Waals surface area (Å²) in [5, 5.41) is 8.15. The number of fused-ring (bicyclic) bond motifs is 2. The summed E-state index contributed by atoms with van der Waals surface area (Å²) >= 11 is 0. The third-order valence-corrected chi connectivity index (χ3v) is 9.12. The molecule has 12 nitrogen and oxygen atoms in total. The molecule has 0 saturated carbocycles. The van der Waals surface area contributed by atoms with E-state index in [0.29, 0.717) is 11.4 Å². The zero-order chi connectivity index (χ0) is 34.1. The highest BCUT2D eigenvalue weighted by atomic mass is 32.2. The van der Waals surface area contributed by atoms with Gasteiger partial charge in [-0.15, -0.1) is 0 Å². The molecule has 240 valence electrons. The molecule has 14 heteroatoms. The Kier molecular flexibility index (Phi) is 8.56. The topological polar surface area (TPSA) is 192 Å². The molecular weight excluding hydrogens is 657 g/mol. The molecule has 0 fully saturated rings. The van der Waals surface area contributed by atoms with Gasteiger partial charge in [0, 0.05) is 22.3 Å². The summed E-state index contributed by atoms with van der Waals surface area (Å²) in [4.78, 5) is 24.9. The third kappa shape index (κ3) is 6.82. The fourth-order valence-corrected chi connectivity index (χ4v) is 6.41. The maximum atomic E-state index is 12.9. The number of anilines is 2. The highest BCUT2D eigenvalue weighted by Gasteiger charge is 2.31. The van der Waals surface area contributed by atoms with Crippen LogP contribution in [0.4, 0.5) is 11.4 Å². The molecule has 4 aromatic carbocycles. The van der Waals surface area contributed by atoms with Crippen molar-refractivity contribution in [2.45, 2.75) is 0 Å². The number of carbonyl (C=O) groups is 2. The van der Waals surface area contributed by atoms with Gasteiger partial charge in [-0.3, -0.25) is 29.5 Å². The lowest BCUT2D eigenvalue weighted by atomic mass is 9.95. The Bertz CT molecular complexity index is 2190. The highest BCUT2D eigenvalue weighted by molar-refractivity contribution is 7.95. The molecule has 0 aliphatic heterocycles. The monoisotopic (exact) mass is 680 g/mol. The van der Waals surface area contributed by atoms with E-state index in [1.54, 1.807) is 72.8 Å². The van der Waals surface area contributed by atoms with Gasteiger partial charge < -0.3 is 0 Å². The van der Waals surface area contributed by atoms with Crippen molar-refractivity contribution in [1.82, 2.24) is 0 Å². The van der Waals surface area contributed by atoms with E-state index < -0.39 is 41.6 Å². The largest absolute Gasteiger partial charge is 0.295 e. The first kappa shape index (κ1) is 32.2. The summed E-state index contributed by atoms with van der Waals surface area (Å²) in [5.41, 5.74) is 8.33. The first-order chi connectivity index (χ1) is 22.9. The van der Waals surface area contributed by atoms with Crippen molar-refractivity contribution in [3.63, 3.8) is 0 Å². The zero-order valence-corrected chi connectivity index (χ0v) is 26.2. The molecule has 6 rings (SSSR count). The number of hydrogen-bond acceptors (Lipinski definition) is 10. The van der Waals surface area contributed by atoms with Crippen molar-refractivity contribution in [1.29, 1.82) is 0 Å². The van der Waals surface area contributed by atoms with Crippen LogP contribution in [0.15, 0.2) is 119 Å². The summed E-state index contributed by atoms with van der Waals surface area (Å²) in [5.74, 6) is -0.981. The fraction of sp³-hybridized carbons (Fsp3) is 0. The van der Waals surface area contributed by atoms with Crippen molar-refractivity contribution in [3.8, 4) is 0 Å². The number of nitrogens with zero attached hydrogens (tertiary/aromatic N) is 2. The van der Waals surface area contributed by atoms with E-state index in [0.717, 1.165) is 23.3 Å². The number of hydrazone groups is 2. The molecule has 0 amide bonds. The Morgan fingerprint density at radius 2 is 0.833 bits per heavy atom. The van der Waals surface area contributed by atoms with Crippen LogP contribution in [0, 0.1) is 0 Å². The maximum absolute atomic E-state index is 12.9. The van der Waals surface area contributed by atoms with Gasteiger partial charge >= 0.3 is 0 Å². The van der Waals surface area contributed by atoms with Gasteiger partial charge in [0.1, 0.15) is 21.2 Å². The summed E-state index contributed by atoms with van der Waals surface area (Å²) in [7, 11) is -9.20. The van der Waals surface area contributed by atoms with E-state index in [-0.39, 0.29) is 33.7 Å². The minimum atomic E-state index is -4.60. The summed E-state index contributed by atoms with van der Waals surface area (Å²) in [6.45, 7) is 0. The van der Waals surface area contributed by atoms with E-state index in [1.165, 1.54) is 24.3 Å². The van der Waals surface area contributed by atoms with Crippen LogP contribution in [0.3, 0.4) is 0 Å². The average Bonchev–Trinajstić information content (AvgIpc) is 3.07. The number of rotatable bonds is 8. The van der Waals surface area contributed by atoms with E-state index in [4.69, 9.17) is 0 Å². The number of allylic oxidation sites excluding steroid dienone is 2. The minimum absolute atomic E-state index is 0.108. The van der Waals surface area contributed by atoms with Crippen molar-refractivity contribution in [3.05, 3.63) is 143 Å². The zero-order valence-electron chi connectivity index (χ0n) is 24.6. The second-order valence-electron chi connectivity index (χ2n) is 10.5. The number of Topliss-reactive ketones (excluding diaryl/α,β-unsaturated/α-hetero) is 2. The standard InChI is InChI=1S/C34H24N4O8S2/c39-33-27-7-3-1-5-25(27)31(47(41,42)43)19-29(33)37-35-23-15-11-21(12-16-23)9-10-22-13-17-24(18-14-22)36-38-30-20-32(48(44,45)46)26-6-2-4-8-28(26)34(30)40/h1-20,35-36H,(H,41,42,43)(H,44,45,46)/b10-9-,37-29+,38-30+. The number of ketones is 2. The molecule has 0 aromatic heterocycles. The second kappa shape index (κ2) is 12.8. The lowest BCUT2D eigenvalue weighted by Crippen LogP contribution is -2.22. The molecule has 4 aromatic rings. The van der Waals surface area contributed by atoms with Gasteiger partial charge in [-0.2, -0.15) is 27.0 Å². The molecule has 4 N–H and O–H groups in total. The maximum Gasteiger partial charge on any atom is 0.295 e. The molecule has 0 saturated heterocycles. The molecule has 0 radical (unpaired) electrons. The van der Waals surface area contributed by atoms with Gasteiger partial charge in [-0.05, 0) is 47.5 Å². The lowest BCUT2D eigenvalue weighted by molar-refractivity contribution is 0.105. The molecule has 48 heavy (non-hydrogen) atoms. The number of benzene rings is 4. The third-order valence-electron chi connectivity index (χ3n) is 7.33. The predicted molar refractivity (Wildman–Crippen MR) is 185 cm³/mol. The van der Waals surface area contributed by atoms with E-state index in [9.17, 15) is 35.5 Å². The summed E-state index contributed by atoms with van der Waals surface area (Å²) in [6, 6.07) is 26.2. The van der Waals surface area contributed by atoms with Crippen LogP contribution in [-0.4, -0.2) is 48.9 Å². The average molecular weight is 681 g/mol. The first-order valence-electron chi connectivity index (χ1n) is 14.1. The van der Waals surface area contributed by atoms with Crippen molar-refractivity contribution in [2.24, 2.45) is 10.2 Å². The number of nitrogens with one attached hydrogen (secondary N) is 2. The van der Waals surface area contributed by atoms with E-state index in [1.807, 2.05) is 12.2 Å². The second-order valence-corrected chi connectivity index (χ2v) is 13.3. The Hall–Kier alpha value is -5.80. The van der Waals surface area contributed by atoms with Crippen molar-refractivity contribution < 1.29 is 35.5 Å². The van der Waals surface area contributed by atoms with Crippen LogP contribution >= 0.6 is 0 Å².